The van der Waals surface area contributed by atoms with E-state index in [-0.39, 0.29) is 11.9 Å². The van der Waals surface area contributed by atoms with Crippen LogP contribution in [0.4, 0.5) is 0 Å². The van der Waals surface area contributed by atoms with Gasteiger partial charge in [0, 0.05) is 30.2 Å². The molecule has 4 atom stereocenters. The van der Waals surface area contributed by atoms with Crippen molar-refractivity contribution in [1.82, 2.24) is 14.7 Å². The average Bonchev–Trinajstić information content (AvgIpc) is 3.14. The molecule has 2 heterocycles. The highest BCUT2D eigenvalue weighted by Crippen LogP contribution is 2.43. The second kappa shape index (κ2) is 7.63. The molecule has 1 N–H and O–H groups in total. The number of hydrogen-bond acceptors (Lipinski definition) is 3. The second-order valence-electron chi connectivity index (χ2n) is 8.38. The molecule has 27 heavy (non-hydrogen) atoms. The van der Waals surface area contributed by atoms with Crippen molar-refractivity contribution < 1.29 is 9.53 Å². The lowest BCUT2D eigenvalue weighted by atomic mass is 9.82. The lowest BCUT2D eigenvalue weighted by molar-refractivity contribution is -0.00119. The fourth-order valence-corrected chi connectivity index (χ4v) is 5.04. The lowest BCUT2D eigenvalue weighted by Gasteiger charge is -2.35. The number of fused-ring (bicyclic) bond motifs is 3. The molecular formula is C22H31N3O2. The van der Waals surface area contributed by atoms with Crippen molar-refractivity contribution in [2.75, 3.05) is 6.61 Å². The van der Waals surface area contributed by atoms with E-state index in [2.05, 4.69) is 17.2 Å². The summed E-state index contributed by atoms with van der Waals surface area (Å²) < 4.78 is 8.08. The van der Waals surface area contributed by atoms with Crippen LogP contribution in [0.1, 0.15) is 67.2 Å². The van der Waals surface area contributed by atoms with E-state index in [9.17, 15) is 4.79 Å². The maximum absolute atomic E-state index is 13.0. The van der Waals surface area contributed by atoms with E-state index in [4.69, 9.17) is 4.74 Å². The highest BCUT2D eigenvalue weighted by atomic mass is 16.5. The number of carbonyl (C=O) groups excluding carboxylic acids is 1. The van der Waals surface area contributed by atoms with E-state index in [1.807, 2.05) is 36.6 Å². The van der Waals surface area contributed by atoms with Crippen LogP contribution < -0.4 is 5.32 Å². The van der Waals surface area contributed by atoms with Crippen molar-refractivity contribution in [3.8, 4) is 0 Å². The topological polar surface area (TPSA) is 55.6 Å². The molecule has 146 valence electrons. The molecular weight excluding hydrogens is 338 g/mol. The molecule has 2 fully saturated rings. The largest absolute Gasteiger partial charge is 0.378 e. The minimum absolute atomic E-state index is 0.0160. The number of aryl methyl sites for hydroxylation is 2. The fraction of sp³-hybridized carbons (Fsp3) is 0.636. The van der Waals surface area contributed by atoms with Crippen LogP contribution in [0.2, 0.25) is 0 Å². The van der Waals surface area contributed by atoms with Crippen LogP contribution in [0, 0.1) is 25.7 Å². The maximum atomic E-state index is 13.0. The van der Waals surface area contributed by atoms with Crippen molar-refractivity contribution in [3.63, 3.8) is 0 Å². The number of rotatable bonds is 6. The van der Waals surface area contributed by atoms with Crippen LogP contribution in [-0.4, -0.2) is 34.0 Å². The Balaban J connectivity index is 1.45. The number of ether oxygens (including phenoxy) is 1. The van der Waals surface area contributed by atoms with E-state index >= 15 is 0 Å². The maximum Gasteiger partial charge on any atom is 0.255 e. The first-order chi connectivity index (χ1) is 13.1. The van der Waals surface area contributed by atoms with Crippen molar-refractivity contribution in [2.24, 2.45) is 11.8 Å². The molecule has 4 rings (SSSR count). The van der Waals surface area contributed by atoms with Crippen molar-refractivity contribution >= 4 is 11.6 Å². The molecule has 5 heteroatoms. The van der Waals surface area contributed by atoms with Gasteiger partial charge in [-0.25, -0.2) is 4.98 Å². The molecule has 2 bridgehead atoms. The van der Waals surface area contributed by atoms with Crippen molar-refractivity contribution in [1.29, 1.82) is 0 Å². The molecule has 0 spiro atoms. The number of amides is 1. The number of unbranched alkanes of at least 4 members (excludes halogenated alkanes) is 1. The third kappa shape index (κ3) is 3.62. The van der Waals surface area contributed by atoms with Gasteiger partial charge in [-0.1, -0.05) is 13.3 Å². The Bertz CT molecular complexity index is 814. The van der Waals surface area contributed by atoms with Gasteiger partial charge in [-0.15, -0.1) is 0 Å². The van der Waals surface area contributed by atoms with Gasteiger partial charge in [0.1, 0.15) is 5.65 Å². The van der Waals surface area contributed by atoms with E-state index in [0.29, 0.717) is 23.5 Å². The van der Waals surface area contributed by atoms with Crippen LogP contribution in [0.3, 0.4) is 0 Å². The fourth-order valence-electron chi connectivity index (χ4n) is 5.04. The Labute approximate surface area is 161 Å². The minimum Gasteiger partial charge on any atom is -0.378 e. The molecule has 2 aliphatic rings. The van der Waals surface area contributed by atoms with Crippen molar-refractivity contribution in [2.45, 2.75) is 71.4 Å². The first-order valence-corrected chi connectivity index (χ1v) is 10.4. The Hall–Kier alpha value is -1.88. The second-order valence-corrected chi connectivity index (χ2v) is 8.38. The van der Waals surface area contributed by atoms with Crippen LogP contribution in [-0.2, 0) is 4.74 Å². The van der Waals surface area contributed by atoms with Crippen molar-refractivity contribution in [3.05, 3.63) is 35.3 Å². The summed E-state index contributed by atoms with van der Waals surface area (Å²) in [6, 6.07) is 4.21. The third-order valence-electron chi connectivity index (χ3n) is 6.39. The predicted molar refractivity (Wildman–Crippen MR) is 106 cm³/mol. The molecule has 0 aliphatic heterocycles. The van der Waals surface area contributed by atoms with E-state index < -0.39 is 0 Å². The molecule has 2 aliphatic carbocycles. The smallest absolute Gasteiger partial charge is 0.255 e. The Morgan fingerprint density at radius 3 is 2.74 bits per heavy atom. The standard InChI is InChI=1S/C22H31N3O2/c1-4-5-10-27-18-12-16-6-7-17(13-18)20(16)24-22(26)19-8-9-25-15(3)11-14(2)23-21(19)25/h8-9,11,16-18,20H,4-7,10,12-13H2,1-3H3,(H,24,26)/t16-,17+,18+,20+. The van der Waals surface area contributed by atoms with Crippen LogP contribution in [0.15, 0.2) is 18.3 Å². The third-order valence-corrected chi connectivity index (χ3v) is 6.39. The first kappa shape index (κ1) is 18.5. The summed E-state index contributed by atoms with van der Waals surface area (Å²) in [5.41, 5.74) is 3.48. The van der Waals surface area contributed by atoms with E-state index in [1.54, 1.807) is 0 Å². The van der Waals surface area contributed by atoms with E-state index in [1.165, 1.54) is 19.3 Å². The molecule has 0 aromatic carbocycles. The van der Waals surface area contributed by atoms with Crippen LogP contribution in [0.5, 0.6) is 0 Å². The zero-order valence-corrected chi connectivity index (χ0v) is 16.7. The first-order valence-electron chi connectivity index (χ1n) is 10.4. The normalized spacial score (nSPS) is 27.2. The Morgan fingerprint density at radius 2 is 2.04 bits per heavy atom. The quantitative estimate of drug-likeness (QED) is 0.782. The molecule has 2 aromatic heterocycles. The lowest BCUT2D eigenvalue weighted by Crippen LogP contribution is -2.46. The number of nitrogens with one attached hydrogen (secondary N) is 1. The number of hydrogen-bond donors (Lipinski definition) is 1. The van der Waals surface area contributed by atoms with Gasteiger partial charge in [0.2, 0.25) is 0 Å². The molecule has 1 amide bonds. The summed E-state index contributed by atoms with van der Waals surface area (Å²) >= 11 is 0. The number of nitrogens with zero attached hydrogens (tertiary/aromatic N) is 2. The van der Waals surface area contributed by atoms with Gasteiger partial charge in [-0.3, -0.25) is 4.79 Å². The number of aromatic nitrogens is 2. The van der Waals surface area contributed by atoms with E-state index in [0.717, 1.165) is 42.9 Å². The zero-order valence-electron chi connectivity index (χ0n) is 16.7. The zero-order chi connectivity index (χ0) is 19.0. The van der Waals surface area contributed by atoms with Gasteiger partial charge < -0.3 is 14.5 Å². The Kier molecular flexibility index (Phi) is 5.22. The molecule has 5 nitrogen and oxygen atoms in total. The monoisotopic (exact) mass is 369 g/mol. The van der Waals surface area contributed by atoms with Gasteiger partial charge in [0.25, 0.3) is 5.91 Å². The summed E-state index contributed by atoms with van der Waals surface area (Å²) in [5.74, 6) is 1.11. The van der Waals surface area contributed by atoms with Gasteiger partial charge in [-0.2, -0.15) is 0 Å². The van der Waals surface area contributed by atoms with Gasteiger partial charge >= 0.3 is 0 Å². The summed E-state index contributed by atoms with van der Waals surface area (Å²) in [6.45, 7) is 7.09. The molecule has 0 unspecified atom stereocenters. The molecule has 2 saturated carbocycles. The molecule has 0 saturated heterocycles. The summed E-state index contributed by atoms with van der Waals surface area (Å²) in [5, 5.41) is 3.35. The van der Waals surface area contributed by atoms with Crippen LogP contribution >= 0.6 is 0 Å². The highest BCUT2D eigenvalue weighted by molar-refractivity contribution is 6.00. The summed E-state index contributed by atoms with van der Waals surface area (Å²) in [7, 11) is 0. The number of carbonyl (C=O) groups is 1. The minimum atomic E-state index is 0.0160. The SMILES string of the molecule is CCCCO[C@H]1C[C@H]2CC[C@@H](C1)[C@H]2NC(=O)c1ccn2c(C)cc(C)nc12. The summed E-state index contributed by atoms with van der Waals surface area (Å²) in [4.78, 5) is 17.6. The van der Waals surface area contributed by atoms with Crippen LogP contribution in [0.25, 0.3) is 5.65 Å². The summed E-state index contributed by atoms with van der Waals surface area (Å²) in [6.07, 6.45) is 9.21. The highest BCUT2D eigenvalue weighted by Gasteiger charge is 2.43. The molecule has 0 radical (unpaired) electrons. The van der Waals surface area contributed by atoms with Gasteiger partial charge in [0.05, 0.1) is 11.7 Å². The Morgan fingerprint density at radius 1 is 1.30 bits per heavy atom. The predicted octanol–water partition coefficient (Wildman–Crippen LogP) is 4.05. The molecule has 2 aromatic rings. The average molecular weight is 370 g/mol. The van der Waals surface area contributed by atoms with Gasteiger partial charge in [-0.05, 0) is 69.9 Å². The van der Waals surface area contributed by atoms with Gasteiger partial charge in [0.15, 0.2) is 0 Å².